The summed E-state index contributed by atoms with van der Waals surface area (Å²) in [5.41, 5.74) is 0.601. The van der Waals surface area contributed by atoms with Gasteiger partial charge in [0.2, 0.25) is 0 Å². The van der Waals surface area contributed by atoms with Gasteiger partial charge in [0.1, 0.15) is 0 Å². The van der Waals surface area contributed by atoms with Crippen LogP contribution in [0.25, 0.3) is 0 Å². The predicted octanol–water partition coefficient (Wildman–Crippen LogP) is 3.98. The largest absolute Gasteiger partial charge is 0.316 e. The van der Waals surface area contributed by atoms with E-state index in [1.54, 1.807) is 0 Å². The second kappa shape index (κ2) is 6.52. The molecule has 0 aliphatic heterocycles. The predicted molar refractivity (Wildman–Crippen MR) is 68.1 cm³/mol. The van der Waals surface area contributed by atoms with E-state index in [0.717, 1.165) is 12.5 Å². The Labute approximate surface area is 96.0 Å². The van der Waals surface area contributed by atoms with Gasteiger partial charge in [-0.25, -0.2) is 0 Å². The van der Waals surface area contributed by atoms with Crippen LogP contribution >= 0.6 is 0 Å². The molecule has 0 saturated heterocycles. The van der Waals surface area contributed by atoms with Gasteiger partial charge >= 0.3 is 0 Å². The van der Waals surface area contributed by atoms with E-state index in [0.29, 0.717) is 5.41 Å². The first kappa shape index (κ1) is 13.0. The highest BCUT2D eigenvalue weighted by atomic mass is 14.9. The Balaban J connectivity index is 2.22. The third-order valence-electron chi connectivity index (χ3n) is 3.94. The Morgan fingerprint density at radius 1 is 1.13 bits per heavy atom. The van der Waals surface area contributed by atoms with E-state index in [1.807, 2.05) is 0 Å². The molecule has 90 valence electrons. The quantitative estimate of drug-likeness (QED) is 0.569. The summed E-state index contributed by atoms with van der Waals surface area (Å²) in [5.74, 6) is 1.03. The van der Waals surface area contributed by atoms with Gasteiger partial charge in [0, 0.05) is 6.54 Å². The molecule has 1 saturated carbocycles. The van der Waals surface area contributed by atoms with Crippen LogP contribution in [0.2, 0.25) is 0 Å². The zero-order chi connectivity index (χ0) is 11.1. The SMILES string of the molecule is CCCCCCC(C)(CNCC)C1CC1. The molecule has 1 heteroatoms. The van der Waals surface area contributed by atoms with Crippen LogP contribution in [0.4, 0.5) is 0 Å². The summed E-state index contributed by atoms with van der Waals surface area (Å²) in [6, 6.07) is 0. The molecule has 1 atom stereocenters. The number of hydrogen-bond donors (Lipinski definition) is 1. The van der Waals surface area contributed by atoms with Gasteiger partial charge in [-0.3, -0.25) is 0 Å². The molecule has 0 aromatic rings. The molecular weight excluding hydrogens is 182 g/mol. The topological polar surface area (TPSA) is 12.0 Å². The first-order valence-electron chi connectivity index (χ1n) is 6.93. The highest BCUT2D eigenvalue weighted by Crippen LogP contribution is 2.48. The lowest BCUT2D eigenvalue weighted by molar-refractivity contribution is 0.230. The average molecular weight is 211 g/mol. The van der Waals surface area contributed by atoms with Gasteiger partial charge in [-0.05, 0) is 37.1 Å². The number of rotatable bonds is 9. The molecule has 0 aromatic carbocycles. The Bertz CT molecular complexity index is 163. The maximum Gasteiger partial charge on any atom is 0.000770 e. The monoisotopic (exact) mass is 211 g/mol. The van der Waals surface area contributed by atoms with Crippen molar-refractivity contribution in [3.05, 3.63) is 0 Å². The van der Waals surface area contributed by atoms with Crippen molar-refractivity contribution in [3.63, 3.8) is 0 Å². The van der Waals surface area contributed by atoms with Crippen LogP contribution in [-0.4, -0.2) is 13.1 Å². The molecule has 1 nitrogen and oxygen atoms in total. The second-order valence-corrected chi connectivity index (χ2v) is 5.52. The molecule has 0 radical (unpaired) electrons. The zero-order valence-electron chi connectivity index (χ0n) is 10.9. The highest BCUT2D eigenvalue weighted by molar-refractivity contribution is 4.92. The standard InChI is InChI=1S/C14H29N/c1-4-6-7-8-11-14(3,12-15-5-2)13-9-10-13/h13,15H,4-12H2,1-3H3. The first-order chi connectivity index (χ1) is 7.23. The van der Waals surface area contributed by atoms with Crippen molar-refractivity contribution in [2.75, 3.05) is 13.1 Å². The zero-order valence-corrected chi connectivity index (χ0v) is 10.9. The summed E-state index contributed by atoms with van der Waals surface area (Å²) in [5, 5.41) is 3.55. The summed E-state index contributed by atoms with van der Waals surface area (Å²) >= 11 is 0. The van der Waals surface area contributed by atoms with E-state index in [1.165, 1.54) is 51.5 Å². The summed E-state index contributed by atoms with van der Waals surface area (Å²) in [6.45, 7) is 9.36. The molecule has 1 rings (SSSR count). The molecule has 1 aliphatic carbocycles. The molecule has 0 spiro atoms. The summed E-state index contributed by atoms with van der Waals surface area (Å²) in [7, 11) is 0. The van der Waals surface area contributed by atoms with E-state index >= 15 is 0 Å². The normalized spacial score (nSPS) is 20.2. The van der Waals surface area contributed by atoms with Crippen molar-refractivity contribution >= 4 is 0 Å². The van der Waals surface area contributed by atoms with Crippen LogP contribution in [0, 0.1) is 11.3 Å². The van der Waals surface area contributed by atoms with E-state index in [9.17, 15) is 0 Å². The van der Waals surface area contributed by atoms with Crippen molar-refractivity contribution in [2.24, 2.45) is 11.3 Å². The Morgan fingerprint density at radius 2 is 1.87 bits per heavy atom. The van der Waals surface area contributed by atoms with Crippen LogP contribution in [0.3, 0.4) is 0 Å². The van der Waals surface area contributed by atoms with Gasteiger partial charge in [0.15, 0.2) is 0 Å². The van der Waals surface area contributed by atoms with Crippen molar-refractivity contribution in [1.82, 2.24) is 5.32 Å². The van der Waals surface area contributed by atoms with Crippen molar-refractivity contribution in [1.29, 1.82) is 0 Å². The van der Waals surface area contributed by atoms with E-state index in [2.05, 4.69) is 26.1 Å². The minimum absolute atomic E-state index is 0.601. The minimum Gasteiger partial charge on any atom is -0.316 e. The summed E-state index contributed by atoms with van der Waals surface area (Å²) in [6.07, 6.45) is 10.0. The van der Waals surface area contributed by atoms with Crippen LogP contribution in [0.1, 0.15) is 65.7 Å². The molecular formula is C14H29N. The molecule has 0 bridgehead atoms. The molecule has 0 heterocycles. The summed E-state index contributed by atoms with van der Waals surface area (Å²) < 4.78 is 0. The van der Waals surface area contributed by atoms with Crippen molar-refractivity contribution < 1.29 is 0 Å². The lowest BCUT2D eigenvalue weighted by Gasteiger charge is -2.30. The van der Waals surface area contributed by atoms with Crippen molar-refractivity contribution in [3.8, 4) is 0 Å². The fourth-order valence-electron chi connectivity index (χ4n) is 2.58. The van der Waals surface area contributed by atoms with Gasteiger partial charge in [-0.1, -0.05) is 46.5 Å². The second-order valence-electron chi connectivity index (χ2n) is 5.52. The smallest absolute Gasteiger partial charge is 0.000770 e. The number of unbranched alkanes of at least 4 members (excludes halogenated alkanes) is 3. The number of nitrogens with one attached hydrogen (secondary N) is 1. The van der Waals surface area contributed by atoms with Crippen LogP contribution in [0.15, 0.2) is 0 Å². The van der Waals surface area contributed by atoms with Gasteiger partial charge in [0.25, 0.3) is 0 Å². The van der Waals surface area contributed by atoms with Gasteiger partial charge < -0.3 is 5.32 Å². The van der Waals surface area contributed by atoms with Crippen LogP contribution in [-0.2, 0) is 0 Å². The van der Waals surface area contributed by atoms with Crippen LogP contribution < -0.4 is 5.32 Å². The minimum atomic E-state index is 0.601. The van der Waals surface area contributed by atoms with E-state index in [-0.39, 0.29) is 0 Å². The lowest BCUT2D eigenvalue weighted by Crippen LogP contribution is -2.33. The van der Waals surface area contributed by atoms with Gasteiger partial charge in [-0.2, -0.15) is 0 Å². The van der Waals surface area contributed by atoms with E-state index in [4.69, 9.17) is 0 Å². The highest BCUT2D eigenvalue weighted by Gasteiger charge is 2.40. The summed E-state index contributed by atoms with van der Waals surface area (Å²) in [4.78, 5) is 0. The maximum atomic E-state index is 3.55. The molecule has 1 N–H and O–H groups in total. The van der Waals surface area contributed by atoms with Crippen LogP contribution in [0.5, 0.6) is 0 Å². The van der Waals surface area contributed by atoms with Gasteiger partial charge in [0.05, 0.1) is 0 Å². The molecule has 0 aromatic heterocycles. The molecule has 0 amide bonds. The third-order valence-corrected chi connectivity index (χ3v) is 3.94. The fraction of sp³-hybridized carbons (Fsp3) is 1.00. The Hall–Kier alpha value is -0.0400. The molecule has 1 aliphatic rings. The lowest BCUT2D eigenvalue weighted by atomic mass is 9.79. The van der Waals surface area contributed by atoms with E-state index < -0.39 is 0 Å². The molecule has 1 fully saturated rings. The maximum absolute atomic E-state index is 3.55. The van der Waals surface area contributed by atoms with Crippen molar-refractivity contribution in [2.45, 2.75) is 65.7 Å². The number of hydrogen-bond acceptors (Lipinski definition) is 1. The first-order valence-corrected chi connectivity index (χ1v) is 6.93. The fourth-order valence-corrected chi connectivity index (χ4v) is 2.58. The van der Waals surface area contributed by atoms with Gasteiger partial charge in [-0.15, -0.1) is 0 Å². The molecule has 1 unspecified atom stereocenters. The average Bonchev–Trinajstić information content (AvgIpc) is 3.05. The Kier molecular flexibility index (Phi) is 5.66. The Morgan fingerprint density at radius 3 is 2.40 bits per heavy atom. The third kappa shape index (κ3) is 4.55. The molecule has 15 heavy (non-hydrogen) atoms.